The van der Waals surface area contributed by atoms with Crippen LogP contribution >= 0.6 is 23.1 Å². The van der Waals surface area contributed by atoms with Crippen LogP contribution in [-0.4, -0.2) is 48.8 Å². The Hall–Kier alpha value is -0.610. The zero-order chi connectivity index (χ0) is 15.6. The van der Waals surface area contributed by atoms with E-state index in [2.05, 4.69) is 4.72 Å². The first-order valence-electron chi connectivity index (χ1n) is 5.64. The Balaban J connectivity index is 2.90. The maximum absolute atomic E-state index is 12.1. The highest BCUT2D eigenvalue weighted by atomic mass is 32.2. The SMILES string of the molecule is CSCC(C)(O)CNS(=O)(=O)c1cc(C)c(C(=O)O)s1. The van der Waals surface area contributed by atoms with Crippen LogP contribution in [0.3, 0.4) is 0 Å². The summed E-state index contributed by atoms with van der Waals surface area (Å²) in [7, 11) is -3.81. The summed E-state index contributed by atoms with van der Waals surface area (Å²) < 4.78 is 26.4. The normalized spacial score (nSPS) is 15.0. The number of nitrogens with one attached hydrogen (secondary N) is 1. The Bertz CT molecular complexity index is 591. The van der Waals surface area contributed by atoms with Crippen LogP contribution in [0.5, 0.6) is 0 Å². The molecule has 0 saturated carbocycles. The van der Waals surface area contributed by atoms with Crippen molar-refractivity contribution in [2.45, 2.75) is 23.7 Å². The van der Waals surface area contributed by atoms with Crippen molar-refractivity contribution in [2.75, 3.05) is 18.6 Å². The van der Waals surface area contributed by atoms with Gasteiger partial charge in [-0.05, 0) is 31.7 Å². The van der Waals surface area contributed by atoms with Crippen molar-refractivity contribution in [2.24, 2.45) is 0 Å². The number of thioether (sulfide) groups is 1. The molecule has 0 saturated heterocycles. The quantitative estimate of drug-likeness (QED) is 0.688. The van der Waals surface area contributed by atoms with Crippen LogP contribution in [0.15, 0.2) is 10.3 Å². The lowest BCUT2D eigenvalue weighted by atomic mass is 10.1. The molecule has 0 fully saturated rings. The lowest BCUT2D eigenvalue weighted by molar-refractivity contribution is 0.0701. The molecule has 3 N–H and O–H groups in total. The molecular formula is C11H17NO5S3. The number of hydrogen-bond acceptors (Lipinski definition) is 6. The van der Waals surface area contributed by atoms with E-state index >= 15 is 0 Å². The molecule has 9 heteroatoms. The highest BCUT2D eigenvalue weighted by Gasteiger charge is 2.26. The standard InChI is InChI=1S/C11H17NO5S3/c1-7-4-8(19-9(7)10(13)14)20(16,17)12-5-11(2,15)6-18-3/h4,12,15H,5-6H2,1-3H3,(H,13,14). The molecule has 1 rings (SSSR count). The zero-order valence-electron chi connectivity index (χ0n) is 11.3. The van der Waals surface area contributed by atoms with Gasteiger partial charge in [0.05, 0.1) is 5.60 Å². The fourth-order valence-electron chi connectivity index (χ4n) is 1.48. The average molecular weight is 339 g/mol. The number of aromatic carboxylic acids is 1. The van der Waals surface area contributed by atoms with Crippen LogP contribution in [-0.2, 0) is 10.0 Å². The molecule has 1 aromatic heterocycles. The smallest absolute Gasteiger partial charge is 0.346 e. The van der Waals surface area contributed by atoms with Crippen molar-refractivity contribution in [1.82, 2.24) is 4.72 Å². The Labute approximate surface area is 126 Å². The number of aliphatic hydroxyl groups is 1. The molecule has 1 atom stereocenters. The Kier molecular flexibility index (Phi) is 5.61. The summed E-state index contributed by atoms with van der Waals surface area (Å²) >= 11 is 2.11. The number of aryl methyl sites for hydroxylation is 1. The van der Waals surface area contributed by atoms with E-state index in [0.717, 1.165) is 0 Å². The van der Waals surface area contributed by atoms with Gasteiger partial charge in [-0.25, -0.2) is 17.9 Å². The predicted octanol–water partition coefficient (Wildman–Crippen LogP) is 1.15. The number of thiophene rings is 1. The summed E-state index contributed by atoms with van der Waals surface area (Å²) in [5.74, 6) is -0.761. The molecule has 0 aliphatic rings. The second-order valence-electron chi connectivity index (χ2n) is 4.64. The number of rotatable bonds is 7. The maximum Gasteiger partial charge on any atom is 0.346 e. The third-order valence-electron chi connectivity index (χ3n) is 2.45. The topological polar surface area (TPSA) is 104 Å². The van der Waals surface area contributed by atoms with Crippen LogP contribution < -0.4 is 4.72 Å². The summed E-state index contributed by atoms with van der Waals surface area (Å²) in [5, 5.41) is 18.9. The van der Waals surface area contributed by atoms with E-state index in [9.17, 15) is 18.3 Å². The van der Waals surface area contributed by atoms with Gasteiger partial charge in [-0.3, -0.25) is 0 Å². The van der Waals surface area contributed by atoms with Crippen molar-refractivity contribution in [1.29, 1.82) is 0 Å². The molecule has 0 amide bonds. The van der Waals surface area contributed by atoms with Gasteiger partial charge in [-0.2, -0.15) is 11.8 Å². The minimum atomic E-state index is -3.81. The molecule has 1 aromatic rings. The van der Waals surface area contributed by atoms with E-state index in [0.29, 0.717) is 22.7 Å². The van der Waals surface area contributed by atoms with Gasteiger partial charge in [0, 0.05) is 12.3 Å². The van der Waals surface area contributed by atoms with Gasteiger partial charge < -0.3 is 10.2 Å². The van der Waals surface area contributed by atoms with Gasteiger partial charge >= 0.3 is 5.97 Å². The van der Waals surface area contributed by atoms with Crippen LogP contribution in [0.2, 0.25) is 0 Å². The molecule has 0 aliphatic carbocycles. The van der Waals surface area contributed by atoms with Crippen LogP contribution in [0.4, 0.5) is 0 Å². The van der Waals surface area contributed by atoms with Crippen molar-refractivity contribution in [3.63, 3.8) is 0 Å². The third kappa shape index (κ3) is 4.45. The van der Waals surface area contributed by atoms with Crippen molar-refractivity contribution < 1.29 is 23.4 Å². The molecule has 0 radical (unpaired) electrons. The summed E-state index contributed by atoms with van der Waals surface area (Å²) in [4.78, 5) is 10.9. The van der Waals surface area contributed by atoms with Crippen molar-refractivity contribution in [3.05, 3.63) is 16.5 Å². The van der Waals surface area contributed by atoms with E-state index in [1.807, 2.05) is 6.26 Å². The maximum atomic E-state index is 12.1. The fourth-order valence-corrected chi connectivity index (χ4v) is 4.79. The molecule has 20 heavy (non-hydrogen) atoms. The molecule has 114 valence electrons. The zero-order valence-corrected chi connectivity index (χ0v) is 13.8. The van der Waals surface area contributed by atoms with Crippen LogP contribution in [0.1, 0.15) is 22.2 Å². The first-order chi connectivity index (χ1) is 9.09. The van der Waals surface area contributed by atoms with Crippen molar-refractivity contribution in [3.8, 4) is 0 Å². The van der Waals surface area contributed by atoms with Crippen molar-refractivity contribution >= 4 is 39.1 Å². The average Bonchev–Trinajstić information content (AvgIpc) is 2.70. The molecule has 1 heterocycles. The van der Waals surface area contributed by atoms with Gasteiger partial charge in [0.2, 0.25) is 10.0 Å². The second-order valence-corrected chi connectivity index (χ2v) is 8.55. The van der Waals surface area contributed by atoms with E-state index in [1.54, 1.807) is 6.92 Å². The lowest BCUT2D eigenvalue weighted by Gasteiger charge is -2.22. The van der Waals surface area contributed by atoms with Gasteiger partial charge in [-0.1, -0.05) is 0 Å². The van der Waals surface area contributed by atoms with Gasteiger partial charge in [0.25, 0.3) is 0 Å². The first kappa shape index (κ1) is 17.4. The Morgan fingerprint density at radius 3 is 2.60 bits per heavy atom. The van der Waals surface area contributed by atoms with Gasteiger partial charge in [-0.15, -0.1) is 11.3 Å². The van der Waals surface area contributed by atoms with Gasteiger partial charge in [0.1, 0.15) is 9.09 Å². The molecule has 0 aliphatic heterocycles. The first-order valence-corrected chi connectivity index (χ1v) is 9.33. The van der Waals surface area contributed by atoms with Crippen LogP contribution in [0, 0.1) is 6.92 Å². The van der Waals surface area contributed by atoms with E-state index in [1.165, 1.54) is 24.8 Å². The van der Waals surface area contributed by atoms with E-state index in [-0.39, 0.29) is 15.6 Å². The fraction of sp³-hybridized carbons (Fsp3) is 0.545. The minimum Gasteiger partial charge on any atom is -0.477 e. The lowest BCUT2D eigenvalue weighted by Crippen LogP contribution is -2.42. The summed E-state index contributed by atoms with van der Waals surface area (Å²) in [5.41, 5.74) is -0.757. The number of hydrogen-bond donors (Lipinski definition) is 3. The minimum absolute atomic E-state index is 0.00116. The molecule has 6 nitrogen and oxygen atoms in total. The summed E-state index contributed by atoms with van der Waals surface area (Å²) in [6.45, 7) is 2.95. The monoisotopic (exact) mass is 339 g/mol. The molecule has 1 unspecified atom stereocenters. The number of carboxylic acid groups (broad SMARTS) is 1. The molecule has 0 spiro atoms. The highest BCUT2D eigenvalue weighted by molar-refractivity contribution is 7.98. The predicted molar refractivity (Wildman–Crippen MR) is 80.2 cm³/mol. The van der Waals surface area contributed by atoms with E-state index in [4.69, 9.17) is 5.11 Å². The molecule has 0 bridgehead atoms. The number of carbonyl (C=O) groups is 1. The Morgan fingerprint density at radius 1 is 1.55 bits per heavy atom. The second kappa shape index (κ2) is 6.44. The largest absolute Gasteiger partial charge is 0.477 e. The van der Waals surface area contributed by atoms with E-state index < -0.39 is 21.6 Å². The third-order valence-corrected chi connectivity index (χ3v) is 6.46. The number of carboxylic acids is 1. The highest BCUT2D eigenvalue weighted by Crippen LogP contribution is 2.26. The number of sulfonamides is 1. The Morgan fingerprint density at radius 2 is 2.15 bits per heavy atom. The van der Waals surface area contributed by atoms with Crippen LogP contribution in [0.25, 0.3) is 0 Å². The summed E-state index contributed by atoms with van der Waals surface area (Å²) in [6.07, 6.45) is 1.81. The van der Waals surface area contributed by atoms with Gasteiger partial charge in [0.15, 0.2) is 0 Å². The summed E-state index contributed by atoms with van der Waals surface area (Å²) in [6, 6.07) is 1.32. The molecular weight excluding hydrogens is 322 g/mol. The molecule has 0 aromatic carbocycles.